The largest absolute Gasteiger partial charge is 0.292 e. The summed E-state index contributed by atoms with van der Waals surface area (Å²) >= 11 is 5.76. The van der Waals surface area contributed by atoms with Crippen LogP contribution in [0.1, 0.15) is 32.5 Å². The summed E-state index contributed by atoms with van der Waals surface area (Å²) in [6.45, 7) is 10.1. The van der Waals surface area contributed by atoms with Gasteiger partial charge in [-0.2, -0.15) is 0 Å². The van der Waals surface area contributed by atoms with E-state index in [1.54, 1.807) is 4.57 Å². The van der Waals surface area contributed by atoms with E-state index in [1.807, 2.05) is 20.8 Å². The minimum absolute atomic E-state index is 0.123. The Kier molecular flexibility index (Phi) is 3.69. The molecule has 0 aliphatic heterocycles. The van der Waals surface area contributed by atoms with Gasteiger partial charge >= 0.3 is 0 Å². The Morgan fingerprint density at radius 3 is 2.73 bits per heavy atom. The number of halogens is 1. The van der Waals surface area contributed by atoms with Crippen molar-refractivity contribution >= 4 is 11.6 Å². The zero-order valence-corrected chi connectivity index (χ0v) is 10.0. The maximum atomic E-state index is 11.7. The molecule has 1 rings (SSSR count). The molecule has 0 saturated heterocycles. The van der Waals surface area contributed by atoms with Crippen molar-refractivity contribution < 1.29 is 0 Å². The molecule has 0 amide bonds. The fourth-order valence-electron chi connectivity index (χ4n) is 1.36. The van der Waals surface area contributed by atoms with Crippen molar-refractivity contribution in [2.45, 2.75) is 33.2 Å². The number of aromatic nitrogens is 2. The van der Waals surface area contributed by atoms with Crippen molar-refractivity contribution in [3.05, 3.63) is 39.5 Å². The SMILES string of the molecule is C=C(C)Cn1c(C(C)C)nc(Cl)cc1=O. The van der Waals surface area contributed by atoms with Crippen molar-refractivity contribution in [1.82, 2.24) is 9.55 Å². The minimum atomic E-state index is -0.123. The number of allylic oxidation sites excluding steroid dienone is 1. The van der Waals surface area contributed by atoms with Gasteiger partial charge in [-0.25, -0.2) is 4.98 Å². The Morgan fingerprint density at radius 2 is 2.27 bits per heavy atom. The van der Waals surface area contributed by atoms with Crippen LogP contribution in [0.4, 0.5) is 0 Å². The summed E-state index contributed by atoms with van der Waals surface area (Å²) in [4.78, 5) is 15.9. The van der Waals surface area contributed by atoms with Gasteiger partial charge in [0, 0.05) is 18.5 Å². The molecule has 3 nitrogen and oxygen atoms in total. The van der Waals surface area contributed by atoms with Gasteiger partial charge < -0.3 is 0 Å². The van der Waals surface area contributed by atoms with Crippen molar-refractivity contribution in [2.24, 2.45) is 0 Å². The van der Waals surface area contributed by atoms with Crippen molar-refractivity contribution in [3.8, 4) is 0 Å². The van der Waals surface area contributed by atoms with Gasteiger partial charge in [-0.05, 0) is 6.92 Å². The molecule has 0 N–H and O–H groups in total. The van der Waals surface area contributed by atoms with Crippen LogP contribution >= 0.6 is 11.6 Å². The molecule has 1 aromatic rings. The highest BCUT2D eigenvalue weighted by Gasteiger charge is 2.10. The zero-order valence-electron chi connectivity index (χ0n) is 9.25. The summed E-state index contributed by atoms with van der Waals surface area (Å²) < 4.78 is 1.61. The third-order valence-electron chi connectivity index (χ3n) is 1.95. The van der Waals surface area contributed by atoms with Gasteiger partial charge in [0.05, 0.1) is 0 Å². The summed E-state index contributed by atoms with van der Waals surface area (Å²) in [5, 5.41) is 0.252. The lowest BCUT2D eigenvalue weighted by Gasteiger charge is -2.14. The predicted molar refractivity (Wildman–Crippen MR) is 62.4 cm³/mol. The maximum absolute atomic E-state index is 11.7. The number of hydrogen-bond acceptors (Lipinski definition) is 2. The first-order chi connectivity index (χ1) is 6.91. The third kappa shape index (κ3) is 2.93. The van der Waals surface area contributed by atoms with Gasteiger partial charge in [-0.15, -0.1) is 0 Å². The van der Waals surface area contributed by atoms with E-state index in [-0.39, 0.29) is 16.6 Å². The van der Waals surface area contributed by atoms with Gasteiger partial charge in [-0.3, -0.25) is 9.36 Å². The lowest BCUT2D eigenvalue weighted by molar-refractivity contribution is 0.620. The molecule has 0 spiro atoms. The third-order valence-corrected chi connectivity index (χ3v) is 2.14. The Balaban J connectivity index is 3.33. The second-order valence-corrected chi connectivity index (χ2v) is 4.36. The van der Waals surface area contributed by atoms with Gasteiger partial charge in [-0.1, -0.05) is 37.6 Å². The smallest absolute Gasteiger partial charge is 0.255 e. The highest BCUT2D eigenvalue weighted by molar-refractivity contribution is 6.29. The Hall–Kier alpha value is -1.09. The van der Waals surface area contributed by atoms with Crippen LogP contribution in [-0.4, -0.2) is 9.55 Å². The summed E-state index contributed by atoms with van der Waals surface area (Å²) in [5.41, 5.74) is 0.796. The fraction of sp³-hybridized carbons (Fsp3) is 0.455. The van der Waals surface area contributed by atoms with E-state index in [1.165, 1.54) is 6.07 Å². The normalized spacial score (nSPS) is 10.7. The second-order valence-electron chi connectivity index (χ2n) is 3.97. The van der Waals surface area contributed by atoms with E-state index in [9.17, 15) is 4.79 Å². The van der Waals surface area contributed by atoms with E-state index in [0.29, 0.717) is 12.4 Å². The maximum Gasteiger partial charge on any atom is 0.255 e. The Morgan fingerprint density at radius 1 is 1.67 bits per heavy atom. The molecule has 0 atom stereocenters. The molecule has 0 bridgehead atoms. The van der Waals surface area contributed by atoms with Gasteiger partial charge in [0.25, 0.3) is 5.56 Å². The van der Waals surface area contributed by atoms with Gasteiger partial charge in [0.2, 0.25) is 0 Å². The standard InChI is InChI=1S/C11H15ClN2O/c1-7(2)6-14-10(15)5-9(12)13-11(14)8(3)4/h5,8H,1,6H2,2-4H3. The molecule has 0 fully saturated rings. The van der Waals surface area contributed by atoms with E-state index >= 15 is 0 Å². The quantitative estimate of drug-likeness (QED) is 0.587. The van der Waals surface area contributed by atoms with Gasteiger partial charge in [0.1, 0.15) is 11.0 Å². The molecule has 82 valence electrons. The van der Waals surface area contributed by atoms with Crippen LogP contribution in [0.25, 0.3) is 0 Å². The molecular formula is C11H15ClN2O. The molecule has 4 heteroatoms. The van der Waals surface area contributed by atoms with E-state index < -0.39 is 0 Å². The van der Waals surface area contributed by atoms with Crippen LogP contribution in [0.5, 0.6) is 0 Å². The molecule has 1 aromatic heterocycles. The van der Waals surface area contributed by atoms with Crippen LogP contribution in [0.2, 0.25) is 5.15 Å². The zero-order chi connectivity index (χ0) is 11.6. The van der Waals surface area contributed by atoms with Crippen molar-refractivity contribution in [3.63, 3.8) is 0 Å². The first-order valence-electron chi connectivity index (χ1n) is 4.83. The summed E-state index contributed by atoms with van der Waals surface area (Å²) in [7, 11) is 0. The lowest BCUT2D eigenvalue weighted by atomic mass is 10.2. The number of nitrogens with zero attached hydrogens (tertiary/aromatic N) is 2. The van der Waals surface area contributed by atoms with E-state index in [2.05, 4.69) is 11.6 Å². The number of rotatable bonds is 3. The highest BCUT2D eigenvalue weighted by atomic mass is 35.5. The van der Waals surface area contributed by atoms with Gasteiger partial charge in [0.15, 0.2) is 0 Å². The number of hydrogen-bond donors (Lipinski definition) is 0. The molecule has 1 heterocycles. The lowest BCUT2D eigenvalue weighted by Crippen LogP contribution is -2.25. The van der Waals surface area contributed by atoms with Crippen LogP contribution in [0.15, 0.2) is 23.0 Å². The van der Waals surface area contributed by atoms with Crippen LogP contribution in [-0.2, 0) is 6.54 Å². The molecule has 0 aromatic carbocycles. The molecule has 0 aliphatic rings. The first-order valence-corrected chi connectivity index (χ1v) is 5.21. The second kappa shape index (κ2) is 4.62. The van der Waals surface area contributed by atoms with Crippen LogP contribution in [0, 0.1) is 0 Å². The molecule has 15 heavy (non-hydrogen) atoms. The minimum Gasteiger partial charge on any atom is -0.292 e. The monoisotopic (exact) mass is 226 g/mol. The topological polar surface area (TPSA) is 34.9 Å². The average Bonchev–Trinajstić information content (AvgIpc) is 2.08. The predicted octanol–water partition coefficient (Wildman–Crippen LogP) is 2.60. The van der Waals surface area contributed by atoms with Crippen LogP contribution < -0.4 is 5.56 Å². The molecule has 0 saturated carbocycles. The molecule has 0 radical (unpaired) electrons. The van der Waals surface area contributed by atoms with Crippen molar-refractivity contribution in [1.29, 1.82) is 0 Å². The fourth-order valence-corrected chi connectivity index (χ4v) is 1.54. The average molecular weight is 227 g/mol. The van der Waals surface area contributed by atoms with Crippen molar-refractivity contribution in [2.75, 3.05) is 0 Å². The Bertz CT molecular complexity index is 435. The molecule has 0 aliphatic carbocycles. The summed E-state index contributed by atoms with van der Waals surface area (Å²) in [5.74, 6) is 0.867. The van der Waals surface area contributed by atoms with Crippen LogP contribution in [0.3, 0.4) is 0 Å². The van der Waals surface area contributed by atoms with E-state index in [4.69, 9.17) is 11.6 Å². The molecular weight excluding hydrogens is 212 g/mol. The first kappa shape index (κ1) is 12.0. The highest BCUT2D eigenvalue weighted by Crippen LogP contribution is 2.13. The summed E-state index contributed by atoms with van der Waals surface area (Å²) in [6, 6.07) is 1.33. The Labute approximate surface area is 94.4 Å². The van der Waals surface area contributed by atoms with E-state index in [0.717, 1.165) is 5.57 Å². The molecule has 0 unspecified atom stereocenters. The summed E-state index contributed by atoms with van der Waals surface area (Å²) in [6.07, 6.45) is 0.